The van der Waals surface area contributed by atoms with Crippen molar-refractivity contribution in [3.05, 3.63) is 237 Å². The number of aromatic nitrogens is 5. The van der Waals surface area contributed by atoms with Gasteiger partial charge in [-0.05, 0) is 103 Å². The first kappa shape index (κ1) is 38.1. The van der Waals surface area contributed by atoms with Crippen LogP contribution in [0.15, 0.2) is 237 Å². The molecule has 14 aromatic rings. The topological polar surface area (TPSA) is 48.5 Å². The fourth-order valence-corrected chi connectivity index (χ4v) is 10.7. The van der Waals surface area contributed by atoms with Gasteiger partial charge in [0, 0.05) is 38.4 Å². The van der Waals surface area contributed by atoms with E-state index >= 15 is 0 Å². The molecule has 0 saturated carbocycles. The zero-order valence-corrected chi connectivity index (χ0v) is 36.8. The van der Waals surface area contributed by atoms with Gasteiger partial charge in [-0.1, -0.05) is 188 Å². The van der Waals surface area contributed by atoms with Gasteiger partial charge in [0.05, 0.1) is 22.1 Å². The molecule has 0 bridgehead atoms. The van der Waals surface area contributed by atoms with Crippen LogP contribution in [-0.4, -0.2) is 24.1 Å². The standard InChI is InChI=1S/C63H39N5/c1-4-18-40(19-5-1)44-36-45(43-32-33-51-49-26-11-10-24-47(49)48-25-12-13-27-50(48)54(51)39-43)38-46(37-44)67-55-30-16-14-28-52(55)59-57(67)34-35-58-60(59)53-29-15-17-31-56(53)68(58)63-65-61(41-20-6-2-7-21-41)64-62(66-63)42-22-8-3-9-23-42/h1-39H. The summed E-state index contributed by atoms with van der Waals surface area (Å²) in [7, 11) is 0. The highest BCUT2D eigenvalue weighted by Crippen LogP contribution is 2.44. The van der Waals surface area contributed by atoms with Crippen LogP contribution in [0.1, 0.15) is 0 Å². The van der Waals surface area contributed by atoms with Gasteiger partial charge in [0.25, 0.3) is 0 Å². The summed E-state index contributed by atoms with van der Waals surface area (Å²) in [5, 5.41) is 12.3. The molecule has 0 N–H and O–H groups in total. The van der Waals surface area contributed by atoms with Crippen molar-refractivity contribution >= 4 is 75.9 Å². The molecule has 3 heterocycles. The molecule has 0 fully saturated rings. The van der Waals surface area contributed by atoms with Crippen LogP contribution in [0, 0.1) is 0 Å². The van der Waals surface area contributed by atoms with Crippen LogP contribution < -0.4 is 0 Å². The number of para-hydroxylation sites is 2. The molecule has 11 aromatic carbocycles. The molecule has 0 aliphatic heterocycles. The van der Waals surface area contributed by atoms with Crippen molar-refractivity contribution in [1.82, 2.24) is 24.1 Å². The second-order valence-corrected chi connectivity index (χ2v) is 17.6. The van der Waals surface area contributed by atoms with E-state index < -0.39 is 0 Å². The van der Waals surface area contributed by atoms with Crippen molar-refractivity contribution in [2.24, 2.45) is 0 Å². The minimum absolute atomic E-state index is 0.573. The average molecular weight is 866 g/mol. The fourth-order valence-electron chi connectivity index (χ4n) is 10.7. The van der Waals surface area contributed by atoms with E-state index in [1.807, 2.05) is 36.4 Å². The highest BCUT2D eigenvalue weighted by Gasteiger charge is 2.23. The maximum absolute atomic E-state index is 5.23. The van der Waals surface area contributed by atoms with Crippen LogP contribution >= 0.6 is 0 Å². The first-order valence-corrected chi connectivity index (χ1v) is 23.1. The summed E-state index contributed by atoms with van der Waals surface area (Å²) >= 11 is 0. The summed E-state index contributed by atoms with van der Waals surface area (Å²) in [5.74, 6) is 1.82. The molecule has 0 saturated heterocycles. The summed E-state index contributed by atoms with van der Waals surface area (Å²) in [6, 6.07) is 84.8. The molecule has 0 amide bonds. The zero-order chi connectivity index (χ0) is 44.7. The lowest BCUT2D eigenvalue weighted by Crippen LogP contribution is -2.06. The van der Waals surface area contributed by atoms with Gasteiger partial charge in [-0.2, -0.15) is 9.97 Å². The van der Waals surface area contributed by atoms with Gasteiger partial charge < -0.3 is 4.57 Å². The number of hydrogen-bond acceptors (Lipinski definition) is 3. The van der Waals surface area contributed by atoms with E-state index in [1.165, 1.54) is 54.2 Å². The predicted molar refractivity (Wildman–Crippen MR) is 283 cm³/mol. The molecular formula is C63H39N5. The van der Waals surface area contributed by atoms with Crippen molar-refractivity contribution in [2.75, 3.05) is 0 Å². The van der Waals surface area contributed by atoms with Gasteiger partial charge >= 0.3 is 0 Å². The molecule has 316 valence electrons. The Balaban J connectivity index is 1.03. The van der Waals surface area contributed by atoms with E-state index in [0.717, 1.165) is 60.8 Å². The van der Waals surface area contributed by atoms with Gasteiger partial charge in [-0.3, -0.25) is 4.57 Å². The quantitative estimate of drug-likeness (QED) is 0.156. The lowest BCUT2D eigenvalue weighted by atomic mass is 9.91. The average Bonchev–Trinajstić information content (AvgIpc) is 3.94. The summed E-state index contributed by atoms with van der Waals surface area (Å²) in [6.07, 6.45) is 0. The van der Waals surface area contributed by atoms with E-state index in [-0.39, 0.29) is 0 Å². The minimum atomic E-state index is 0.573. The Bertz CT molecular complexity index is 4210. The Morgan fingerprint density at radius 1 is 0.235 bits per heavy atom. The third-order valence-electron chi connectivity index (χ3n) is 13.7. The van der Waals surface area contributed by atoms with Gasteiger partial charge in [0.2, 0.25) is 5.95 Å². The predicted octanol–water partition coefficient (Wildman–Crippen LogP) is 16.2. The van der Waals surface area contributed by atoms with Crippen LogP contribution in [0.25, 0.3) is 133 Å². The van der Waals surface area contributed by atoms with Crippen molar-refractivity contribution in [3.8, 4) is 56.7 Å². The molecule has 5 nitrogen and oxygen atoms in total. The highest BCUT2D eigenvalue weighted by atomic mass is 15.2. The van der Waals surface area contributed by atoms with Crippen LogP contribution in [0.4, 0.5) is 0 Å². The second kappa shape index (κ2) is 15.2. The summed E-state index contributed by atoms with van der Waals surface area (Å²) in [4.78, 5) is 15.5. The summed E-state index contributed by atoms with van der Waals surface area (Å²) in [5.41, 5.74) is 11.9. The Morgan fingerprint density at radius 3 is 1.19 bits per heavy atom. The summed E-state index contributed by atoms with van der Waals surface area (Å²) < 4.78 is 4.68. The maximum Gasteiger partial charge on any atom is 0.238 e. The summed E-state index contributed by atoms with van der Waals surface area (Å²) in [6.45, 7) is 0. The van der Waals surface area contributed by atoms with Gasteiger partial charge in [-0.25, -0.2) is 4.98 Å². The Morgan fingerprint density at radius 2 is 0.647 bits per heavy atom. The van der Waals surface area contributed by atoms with E-state index in [9.17, 15) is 0 Å². The highest BCUT2D eigenvalue weighted by molar-refractivity contribution is 6.29. The number of hydrogen-bond donors (Lipinski definition) is 0. The molecule has 0 aliphatic rings. The third kappa shape index (κ3) is 5.93. The number of fused-ring (bicyclic) bond motifs is 13. The van der Waals surface area contributed by atoms with E-state index in [4.69, 9.17) is 15.0 Å². The molecule has 0 aliphatic carbocycles. The van der Waals surface area contributed by atoms with Crippen molar-refractivity contribution in [1.29, 1.82) is 0 Å². The Hall–Kier alpha value is -9.19. The zero-order valence-electron chi connectivity index (χ0n) is 36.8. The molecule has 0 unspecified atom stereocenters. The van der Waals surface area contributed by atoms with Gasteiger partial charge in [-0.15, -0.1) is 0 Å². The van der Waals surface area contributed by atoms with Crippen LogP contribution in [0.2, 0.25) is 0 Å². The van der Waals surface area contributed by atoms with Gasteiger partial charge in [0.1, 0.15) is 0 Å². The molecule has 68 heavy (non-hydrogen) atoms. The second-order valence-electron chi connectivity index (χ2n) is 17.6. The van der Waals surface area contributed by atoms with Crippen LogP contribution in [-0.2, 0) is 0 Å². The Kier molecular flexibility index (Phi) is 8.52. The van der Waals surface area contributed by atoms with E-state index in [1.54, 1.807) is 0 Å². The molecule has 5 heteroatoms. The van der Waals surface area contributed by atoms with Gasteiger partial charge in [0.15, 0.2) is 11.6 Å². The van der Waals surface area contributed by atoms with Crippen LogP contribution in [0.3, 0.4) is 0 Å². The normalized spacial score (nSPS) is 11.8. The first-order chi connectivity index (χ1) is 33.7. The molecular weight excluding hydrogens is 827 g/mol. The number of benzene rings is 11. The third-order valence-corrected chi connectivity index (χ3v) is 13.7. The molecule has 3 aromatic heterocycles. The van der Waals surface area contributed by atoms with E-state index in [0.29, 0.717) is 17.6 Å². The first-order valence-electron chi connectivity index (χ1n) is 23.1. The Labute approximate surface area is 391 Å². The van der Waals surface area contributed by atoms with Crippen molar-refractivity contribution in [3.63, 3.8) is 0 Å². The van der Waals surface area contributed by atoms with Crippen molar-refractivity contribution < 1.29 is 0 Å². The minimum Gasteiger partial charge on any atom is -0.309 e. The number of rotatable bonds is 6. The lowest BCUT2D eigenvalue weighted by Gasteiger charge is -2.15. The lowest BCUT2D eigenvalue weighted by molar-refractivity contribution is 0.953. The molecule has 14 rings (SSSR count). The SMILES string of the molecule is c1ccc(-c2cc(-c3ccc4c5ccccc5c5ccccc5c4c3)cc(-n3c4ccccc4c4c5c6ccccc6n(-c6nc(-c7ccccc7)nc(-c7ccccc7)n6)c5ccc43)c2)cc1. The molecule has 0 atom stereocenters. The maximum atomic E-state index is 5.23. The molecule has 0 radical (unpaired) electrons. The van der Waals surface area contributed by atoms with E-state index in [2.05, 4.69) is 209 Å². The fraction of sp³-hybridized carbons (Fsp3) is 0. The monoisotopic (exact) mass is 865 g/mol. The number of nitrogens with zero attached hydrogens (tertiary/aromatic N) is 5. The largest absolute Gasteiger partial charge is 0.309 e. The van der Waals surface area contributed by atoms with Crippen LogP contribution in [0.5, 0.6) is 0 Å². The smallest absolute Gasteiger partial charge is 0.238 e. The molecule has 0 spiro atoms. The van der Waals surface area contributed by atoms with Crippen molar-refractivity contribution in [2.45, 2.75) is 0 Å².